The zero-order valence-electron chi connectivity index (χ0n) is 14.9. The highest BCUT2D eigenvalue weighted by atomic mass is 31.2. The molecular weight excluding hydrogens is 329 g/mol. The first-order valence-electron chi connectivity index (χ1n) is 8.91. The molecule has 1 amide bonds. The predicted octanol–water partition coefficient (Wildman–Crippen LogP) is 3.12. The van der Waals surface area contributed by atoms with E-state index in [2.05, 4.69) is 18.0 Å². The van der Waals surface area contributed by atoms with Crippen LogP contribution in [0.3, 0.4) is 0 Å². The van der Waals surface area contributed by atoms with Gasteiger partial charge in [0.25, 0.3) is 0 Å². The fraction of sp³-hybridized carbons (Fsp3) is 0.824. The van der Waals surface area contributed by atoms with Gasteiger partial charge < -0.3 is 24.3 Å². The van der Waals surface area contributed by atoms with Crippen LogP contribution in [0.1, 0.15) is 64.7 Å². The van der Waals surface area contributed by atoms with E-state index in [0.29, 0.717) is 13.0 Å². The van der Waals surface area contributed by atoms with Crippen LogP contribution >= 0.6 is 8.60 Å². The predicted molar refractivity (Wildman–Crippen MR) is 97.3 cm³/mol. The molecule has 142 valence electrons. The molecule has 0 bridgehead atoms. The van der Waals surface area contributed by atoms with E-state index in [1.54, 1.807) is 0 Å². The summed E-state index contributed by atoms with van der Waals surface area (Å²) >= 11 is 0. The van der Waals surface area contributed by atoms with Crippen molar-refractivity contribution in [3.05, 3.63) is 12.7 Å². The van der Waals surface area contributed by atoms with Crippen LogP contribution in [0, 0.1) is 0 Å². The number of hydrogen-bond acceptors (Lipinski definition) is 5. The molecule has 0 saturated heterocycles. The average molecular weight is 363 g/mol. The van der Waals surface area contributed by atoms with Crippen LogP contribution in [0.15, 0.2) is 12.7 Å². The Bertz CT molecular complexity index is 328. The Hall–Kier alpha value is -0.520. The van der Waals surface area contributed by atoms with Gasteiger partial charge in [-0.25, -0.2) is 0 Å². The third-order valence-electron chi connectivity index (χ3n) is 3.87. The average Bonchev–Trinajstić information content (AvgIpc) is 2.57. The Morgan fingerprint density at radius 1 is 1.12 bits per heavy atom. The Balaban J connectivity index is 3.86. The van der Waals surface area contributed by atoms with E-state index >= 15 is 0 Å². The molecule has 0 aliphatic heterocycles. The van der Waals surface area contributed by atoms with Crippen LogP contribution < -0.4 is 0 Å². The van der Waals surface area contributed by atoms with E-state index in [4.69, 9.17) is 9.79 Å². The van der Waals surface area contributed by atoms with Gasteiger partial charge in [-0.3, -0.25) is 4.79 Å². The van der Waals surface area contributed by atoms with E-state index in [-0.39, 0.29) is 12.5 Å². The Labute approximate surface area is 147 Å². The van der Waals surface area contributed by atoms with Crippen molar-refractivity contribution in [2.45, 2.75) is 70.8 Å². The normalized spacial score (nSPS) is 12.4. The largest absolute Gasteiger partial charge is 0.391 e. The monoisotopic (exact) mass is 363 g/mol. The lowest BCUT2D eigenvalue weighted by atomic mass is 10.1. The molecule has 0 saturated carbocycles. The van der Waals surface area contributed by atoms with Gasteiger partial charge in [-0.1, -0.05) is 45.6 Å². The molecule has 0 aliphatic rings. The van der Waals surface area contributed by atoms with Crippen LogP contribution in [-0.2, 0) is 9.32 Å². The minimum Gasteiger partial charge on any atom is -0.391 e. The number of carbonyl (C=O) groups excluding carboxylic acids is 1. The highest BCUT2D eigenvalue weighted by Crippen LogP contribution is 2.24. The van der Waals surface area contributed by atoms with Crippen LogP contribution in [0.2, 0.25) is 0 Å². The zero-order valence-corrected chi connectivity index (χ0v) is 15.8. The summed E-state index contributed by atoms with van der Waals surface area (Å²) in [7, 11) is -2.41. The minimum absolute atomic E-state index is 0.0429. The lowest BCUT2D eigenvalue weighted by molar-refractivity contribution is -0.126. The van der Waals surface area contributed by atoms with E-state index in [1.165, 1.54) is 31.8 Å². The first-order valence-corrected chi connectivity index (χ1v) is 10.1. The molecule has 0 rings (SSSR count). The van der Waals surface area contributed by atoms with Crippen molar-refractivity contribution in [3.8, 4) is 0 Å². The first-order chi connectivity index (χ1) is 11.5. The summed E-state index contributed by atoms with van der Waals surface area (Å²) in [5.74, 6) is -0.0429. The maximum Gasteiger partial charge on any atom is 0.327 e. The highest BCUT2D eigenvalue weighted by molar-refractivity contribution is 7.39. The van der Waals surface area contributed by atoms with Crippen molar-refractivity contribution in [3.63, 3.8) is 0 Å². The second-order valence-electron chi connectivity index (χ2n) is 6.00. The van der Waals surface area contributed by atoms with Gasteiger partial charge in [0.2, 0.25) is 5.91 Å². The third-order valence-corrected chi connectivity index (χ3v) is 4.25. The van der Waals surface area contributed by atoms with Gasteiger partial charge in [0, 0.05) is 13.1 Å². The van der Waals surface area contributed by atoms with E-state index in [0.717, 1.165) is 32.2 Å². The quantitative estimate of drug-likeness (QED) is 0.223. The Morgan fingerprint density at radius 2 is 1.71 bits per heavy atom. The summed E-state index contributed by atoms with van der Waals surface area (Å²) in [5, 5.41) is 9.63. The third kappa shape index (κ3) is 13.9. The summed E-state index contributed by atoms with van der Waals surface area (Å²) in [4.78, 5) is 30.9. The van der Waals surface area contributed by atoms with Crippen LogP contribution in [-0.4, -0.2) is 51.5 Å². The van der Waals surface area contributed by atoms with Crippen molar-refractivity contribution < 1.29 is 24.2 Å². The topological polar surface area (TPSA) is 90.2 Å². The lowest BCUT2D eigenvalue weighted by Crippen LogP contribution is -2.31. The molecule has 0 radical (unpaired) electrons. The van der Waals surface area contributed by atoms with Gasteiger partial charge >= 0.3 is 8.60 Å². The number of aliphatic hydroxyl groups is 1. The van der Waals surface area contributed by atoms with E-state index in [9.17, 15) is 9.90 Å². The molecule has 0 fully saturated rings. The maximum absolute atomic E-state index is 11.9. The SMILES string of the molecule is C=CC(=O)N(CCCCCCCC)CCCCC(O)COP(O)O. The molecule has 0 aliphatic carbocycles. The fourth-order valence-electron chi connectivity index (χ4n) is 2.46. The summed E-state index contributed by atoms with van der Waals surface area (Å²) in [6.07, 6.45) is 9.82. The molecule has 0 aromatic rings. The van der Waals surface area contributed by atoms with Crippen molar-refractivity contribution >= 4 is 14.5 Å². The molecule has 1 unspecified atom stereocenters. The number of rotatable bonds is 16. The van der Waals surface area contributed by atoms with Gasteiger partial charge in [0.05, 0.1) is 12.7 Å². The first kappa shape index (κ1) is 23.5. The molecule has 1 atom stereocenters. The number of unbranched alkanes of at least 4 members (excludes halogenated alkanes) is 6. The standard InChI is InChI=1S/C17H34NO5P/c1-3-5-6-7-8-10-13-18(17(20)4-2)14-11-9-12-16(19)15-23-24(21)22/h4,16,19,21-22H,2-3,5-15H2,1H3. The molecule has 0 spiro atoms. The van der Waals surface area contributed by atoms with Crippen molar-refractivity contribution in [2.24, 2.45) is 0 Å². The number of nitrogens with zero attached hydrogens (tertiary/aromatic N) is 1. The summed E-state index contributed by atoms with van der Waals surface area (Å²) < 4.78 is 4.58. The summed E-state index contributed by atoms with van der Waals surface area (Å²) in [6, 6.07) is 0. The van der Waals surface area contributed by atoms with Crippen LogP contribution in [0.25, 0.3) is 0 Å². The van der Waals surface area contributed by atoms with Crippen molar-refractivity contribution in [1.82, 2.24) is 4.90 Å². The number of amides is 1. The van der Waals surface area contributed by atoms with Gasteiger partial charge in [0.1, 0.15) is 0 Å². The Morgan fingerprint density at radius 3 is 2.29 bits per heavy atom. The smallest absolute Gasteiger partial charge is 0.327 e. The maximum atomic E-state index is 11.9. The summed E-state index contributed by atoms with van der Waals surface area (Å²) in [6.45, 7) is 7.08. The Kier molecular flexibility index (Phi) is 15.6. The van der Waals surface area contributed by atoms with E-state index < -0.39 is 14.7 Å². The van der Waals surface area contributed by atoms with Crippen LogP contribution in [0.5, 0.6) is 0 Å². The molecule has 7 heteroatoms. The van der Waals surface area contributed by atoms with Gasteiger partial charge in [-0.15, -0.1) is 0 Å². The molecule has 24 heavy (non-hydrogen) atoms. The van der Waals surface area contributed by atoms with Crippen molar-refractivity contribution in [1.29, 1.82) is 0 Å². The van der Waals surface area contributed by atoms with Crippen LogP contribution in [0.4, 0.5) is 0 Å². The minimum atomic E-state index is -2.41. The highest BCUT2D eigenvalue weighted by Gasteiger charge is 2.11. The summed E-state index contributed by atoms with van der Waals surface area (Å²) in [5.41, 5.74) is 0. The second kappa shape index (κ2) is 16.0. The second-order valence-corrected chi connectivity index (χ2v) is 6.76. The molecule has 0 aromatic heterocycles. The lowest BCUT2D eigenvalue weighted by Gasteiger charge is -2.21. The number of aliphatic hydroxyl groups excluding tert-OH is 1. The van der Waals surface area contributed by atoms with Gasteiger partial charge in [-0.2, -0.15) is 0 Å². The molecule has 0 aromatic carbocycles. The molecule has 6 nitrogen and oxygen atoms in total. The zero-order chi connectivity index (χ0) is 18.2. The van der Waals surface area contributed by atoms with E-state index in [1.807, 2.05) is 4.90 Å². The van der Waals surface area contributed by atoms with Gasteiger partial charge in [-0.05, 0) is 31.8 Å². The molecular formula is C17H34NO5P. The van der Waals surface area contributed by atoms with Crippen molar-refractivity contribution in [2.75, 3.05) is 19.7 Å². The van der Waals surface area contributed by atoms with Gasteiger partial charge in [0.15, 0.2) is 0 Å². The molecule has 0 heterocycles. The molecule has 3 N–H and O–H groups in total. The number of carbonyl (C=O) groups is 1. The fourth-order valence-corrected chi connectivity index (χ4v) is 2.77. The number of hydrogen-bond donors (Lipinski definition) is 3.